The number of H-pyrrole nitrogens is 2. The predicted molar refractivity (Wildman–Crippen MR) is 130 cm³/mol. The number of ether oxygens (including phenoxy) is 1. The van der Waals surface area contributed by atoms with Crippen molar-refractivity contribution in [2.24, 2.45) is 0 Å². The van der Waals surface area contributed by atoms with Crippen molar-refractivity contribution in [3.05, 3.63) is 72.1 Å². The van der Waals surface area contributed by atoms with Gasteiger partial charge in [-0.05, 0) is 47.5 Å². The highest BCUT2D eigenvalue weighted by atomic mass is 16.5. The maximum Gasteiger partial charge on any atom is 0.337 e. The number of morpholine rings is 1. The molecule has 0 saturated carbocycles. The van der Waals surface area contributed by atoms with Gasteiger partial charge in [0, 0.05) is 53.9 Å². The fourth-order valence-electron chi connectivity index (χ4n) is 4.54. The number of aromatic amines is 2. The van der Waals surface area contributed by atoms with E-state index in [9.17, 15) is 9.90 Å². The van der Waals surface area contributed by atoms with Gasteiger partial charge >= 0.3 is 5.97 Å². The second kappa shape index (κ2) is 8.40. The minimum absolute atomic E-state index is 0.161. The van der Waals surface area contributed by atoms with Gasteiger partial charge in [0.2, 0.25) is 0 Å². The first-order valence-electron chi connectivity index (χ1n) is 11.2. The zero-order valence-corrected chi connectivity index (χ0v) is 18.4. The van der Waals surface area contributed by atoms with Gasteiger partial charge in [-0.25, -0.2) is 4.79 Å². The molecule has 4 heterocycles. The second-order valence-electron chi connectivity index (χ2n) is 8.59. The van der Waals surface area contributed by atoms with Crippen LogP contribution in [0.1, 0.15) is 15.9 Å². The zero-order valence-electron chi connectivity index (χ0n) is 18.4. The van der Waals surface area contributed by atoms with Gasteiger partial charge < -0.3 is 14.8 Å². The molecule has 3 N–H and O–H groups in total. The Kier molecular flexibility index (Phi) is 5.09. The maximum atomic E-state index is 11.3. The highest BCUT2D eigenvalue weighted by molar-refractivity contribution is 5.98. The summed E-state index contributed by atoms with van der Waals surface area (Å²) in [6, 6.07) is 16.2. The Labute approximate surface area is 195 Å². The largest absolute Gasteiger partial charge is 0.478 e. The van der Waals surface area contributed by atoms with Crippen LogP contribution in [0.2, 0.25) is 0 Å². The van der Waals surface area contributed by atoms with Crippen molar-refractivity contribution in [1.29, 1.82) is 0 Å². The number of aromatic carboxylic acids is 1. The Morgan fingerprint density at radius 3 is 2.71 bits per heavy atom. The van der Waals surface area contributed by atoms with Crippen LogP contribution < -0.4 is 0 Å². The van der Waals surface area contributed by atoms with Crippen LogP contribution in [-0.4, -0.2) is 62.4 Å². The second-order valence-corrected chi connectivity index (χ2v) is 8.59. The molecule has 0 radical (unpaired) electrons. The van der Waals surface area contributed by atoms with Crippen LogP contribution in [0, 0.1) is 0 Å². The molecule has 0 aliphatic carbocycles. The molecule has 6 rings (SSSR count). The number of nitrogens with one attached hydrogen (secondary N) is 2. The Bertz CT molecular complexity index is 1510. The summed E-state index contributed by atoms with van der Waals surface area (Å²) in [5.41, 5.74) is 6.80. The number of carboxylic acid groups (broad SMARTS) is 1. The third-order valence-electron chi connectivity index (χ3n) is 6.33. The predicted octanol–water partition coefficient (Wildman–Crippen LogP) is 4.30. The first-order valence-corrected chi connectivity index (χ1v) is 11.2. The number of carboxylic acids is 1. The summed E-state index contributed by atoms with van der Waals surface area (Å²) >= 11 is 0. The Hall–Kier alpha value is -4.01. The molecule has 8 heteroatoms. The van der Waals surface area contributed by atoms with Crippen molar-refractivity contribution in [1.82, 2.24) is 25.1 Å². The van der Waals surface area contributed by atoms with Gasteiger partial charge in [-0.1, -0.05) is 12.1 Å². The van der Waals surface area contributed by atoms with E-state index in [2.05, 4.69) is 49.3 Å². The van der Waals surface area contributed by atoms with Gasteiger partial charge in [-0.15, -0.1) is 0 Å². The Morgan fingerprint density at radius 1 is 1.00 bits per heavy atom. The van der Waals surface area contributed by atoms with E-state index in [4.69, 9.17) is 4.74 Å². The Morgan fingerprint density at radius 2 is 1.85 bits per heavy atom. The first kappa shape index (κ1) is 20.6. The molecule has 0 atom stereocenters. The highest BCUT2D eigenvalue weighted by Crippen LogP contribution is 2.32. The number of hydrogen-bond donors (Lipinski definition) is 3. The van der Waals surface area contributed by atoms with Crippen LogP contribution >= 0.6 is 0 Å². The van der Waals surface area contributed by atoms with Crippen molar-refractivity contribution in [2.75, 3.05) is 26.3 Å². The summed E-state index contributed by atoms with van der Waals surface area (Å²) in [7, 11) is 0. The van der Waals surface area contributed by atoms with E-state index in [-0.39, 0.29) is 5.56 Å². The van der Waals surface area contributed by atoms with Gasteiger partial charge in [0.1, 0.15) is 5.69 Å². The smallest absolute Gasteiger partial charge is 0.337 e. The molecule has 0 unspecified atom stereocenters. The minimum atomic E-state index is -0.995. The number of aromatic nitrogens is 4. The van der Waals surface area contributed by atoms with E-state index < -0.39 is 5.97 Å². The molecule has 1 fully saturated rings. The SMILES string of the molecule is O=C(O)c1cncc(-c2ccc3[nH]nc(-c4cc5cc(CN6CCOCC6)ccc5[nH]4)c3c2)c1. The van der Waals surface area contributed by atoms with Gasteiger partial charge in [0.05, 0.1) is 30.0 Å². The average Bonchev–Trinajstić information content (AvgIpc) is 3.48. The summed E-state index contributed by atoms with van der Waals surface area (Å²) in [6.45, 7) is 4.42. The molecule has 1 aliphatic rings. The number of benzene rings is 2. The molecule has 0 amide bonds. The van der Waals surface area contributed by atoms with Gasteiger partial charge in [0.15, 0.2) is 0 Å². The summed E-state index contributed by atoms with van der Waals surface area (Å²) < 4.78 is 5.45. The molecule has 3 aromatic heterocycles. The fraction of sp³-hybridized carbons (Fsp3) is 0.192. The third-order valence-corrected chi connectivity index (χ3v) is 6.33. The molecule has 1 saturated heterocycles. The molecular formula is C26H23N5O3. The molecule has 8 nitrogen and oxygen atoms in total. The lowest BCUT2D eigenvalue weighted by molar-refractivity contribution is 0.0342. The number of carbonyl (C=O) groups is 1. The van der Waals surface area contributed by atoms with E-state index in [1.807, 2.05) is 18.2 Å². The lowest BCUT2D eigenvalue weighted by atomic mass is 10.0. The van der Waals surface area contributed by atoms with Crippen molar-refractivity contribution in [3.63, 3.8) is 0 Å². The topological polar surface area (TPSA) is 107 Å². The maximum absolute atomic E-state index is 11.3. The van der Waals surface area contributed by atoms with Gasteiger partial charge in [-0.2, -0.15) is 5.10 Å². The highest BCUT2D eigenvalue weighted by Gasteiger charge is 2.15. The number of fused-ring (bicyclic) bond motifs is 2. The standard InChI is InChI=1S/C26H23N5O3/c32-26(33)20-10-19(13-27-14-20)17-2-4-23-21(11-17)25(30-29-23)24-12-18-9-16(1-3-22(18)28-24)15-31-5-7-34-8-6-31/h1-4,9-14,28H,5-8,15H2,(H,29,30)(H,32,33). The van der Waals surface area contributed by atoms with Crippen LogP contribution in [0.25, 0.3) is 44.3 Å². The van der Waals surface area contributed by atoms with Crippen LogP contribution in [0.5, 0.6) is 0 Å². The van der Waals surface area contributed by atoms with E-state index >= 15 is 0 Å². The average molecular weight is 454 g/mol. The van der Waals surface area contributed by atoms with Crippen molar-refractivity contribution < 1.29 is 14.6 Å². The van der Waals surface area contributed by atoms with E-state index in [0.717, 1.165) is 77.2 Å². The monoisotopic (exact) mass is 453 g/mol. The molecular weight excluding hydrogens is 430 g/mol. The van der Waals surface area contributed by atoms with Crippen molar-refractivity contribution in [2.45, 2.75) is 6.54 Å². The van der Waals surface area contributed by atoms with Crippen LogP contribution in [0.15, 0.2) is 60.9 Å². The summed E-state index contributed by atoms with van der Waals surface area (Å²) in [6.07, 6.45) is 3.03. The lowest BCUT2D eigenvalue weighted by Crippen LogP contribution is -2.35. The number of rotatable bonds is 5. The molecule has 5 aromatic rings. The van der Waals surface area contributed by atoms with Crippen LogP contribution in [0.4, 0.5) is 0 Å². The molecule has 0 spiro atoms. The van der Waals surface area contributed by atoms with E-state index in [1.54, 1.807) is 12.3 Å². The number of hydrogen-bond acceptors (Lipinski definition) is 5. The molecule has 170 valence electrons. The molecule has 2 aromatic carbocycles. The minimum Gasteiger partial charge on any atom is -0.478 e. The van der Waals surface area contributed by atoms with Crippen molar-refractivity contribution >= 4 is 27.8 Å². The summed E-state index contributed by atoms with van der Waals surface area (Å²) in [5.74, 6) is -0.995. The molecule has 0 bridgehead atoms. The van der Waals surface area contributed by atoms with Gasteiger partial charge in [-0.3, -0.25) is 15.0 Å². The van der Waals surface area contributed by atoms with Crippen LogP contribution in [-0.2, 0) is 11.3 Å². The third kappa shape index (κ3) is 3.83. The number of nitrogens with zero attached hydrogens (tertiary/aromatic N) is 3. The Balaban J connectivity index is 1.35. The van der Waals surface area contributed by atoms with E-state index in [1.165, 1.54) is 11.8 Å². The zero-order chi connectivity index (χ0) is 23.1. The quantitative estimate of drug-likeness (QED) is 0.366. The lowest BCUT2D eigenvalue weighted by Gasteiger charge is -2.26. The molecule has 34 heavy (non-hydrogen) atoms. The fourth-order valence-corrected chi connectivity index (χ4v) is 4.54. The molecule has 1 aliphatic heterocycles. The first-order chi connectivity index (χ1) is 16.6. The normalized spacial score (nSPS) is 14.7. The number of pyridine rings is 1. The summed E-state index contributed by atoms with van der Waals surface area (Å²) in [5, 5.41) is 19.1. The van der Waals surface area contributed by atoms with Crippen LogP contribution in [0.3, 0.4) is 0 Å². The van der Waals surface area contributed by atoms with E-state index in [0.29, 0.717) is 0 Å². The van der Waals surface area contributed by atoms with Gasteiger partial charge in [0.25, 0.3) is 0 Å². The van der Waals surface area contributed by atoms with Crippen molar-refractivity contribution in [3.8, 4) is 22.5 Å². The summed E-state index contributed by atoms with van der Waals surface area (Å²) in [4.78, 5) is 21.3.